The second-order valence-electron chi connectivity index (χ2n) is 5.04. The number of nitrogens with zero attached hydrogens (tertiary/aromatic N) is 4. The molecule has 8 heteroatoms. The lowest BCUT2D eigenvalue weighted by atomic mass is 10.2. The van der Waals surface area contributed by atoms with E-state index < -0.39 is 0 Å². The quantitative estimate of drug-likeness (QED) is 0.418. The molecule has 0 saturated heterocycles. The van der Waals surface area contributed by atoms with E-state index in [1.807, 2.05) is 24.3 Å². The Labute approximate surface area is 151 Å². The normalized spacial score (nSPS) is 10.3. The van der Waals surface area contributed by atoms with Gasteiger partial charge in [-0.3, -0.25) is 4.79 Å². The van der Waals surface area contributed by atoms with E-state index in [0.717, 1.165) is 5.56 Å². The summed E-state index contributed by atoms with van der Waals surface area (Å²) in [6.07, 6.45) is 3.36. The molecule has 0 aliphatic carbocycles. The van der Waals surface area contributed by atoms with Crippen LogP contribution in [0.25, 0.3) is 11.4 Å². The molecule has 1 heterocycles. The minimum absolute atomic E-state index is 0.0494. The molecule has 0 fully saturated rings. The van der Waals surface area contributed by atoms with Crippen LogP contribution in [0.4, 0.5) is 0 Å². The van der Waals surface area contributed by atoms with Crippen molar-refractivity contribution in [1.29, 1.82) is 0 Å². The van der Waals surface area contributed by atoms with E-state index in [4.69, 9.17) is 10.6 Å². The Hall–Kier alpha value is -2.74. The molecule has 25 heavy (non-hydrogen) atoms. The molecular formula is C17H21N5O2S. The van der Waals surface area contributed by atoms with Gasteiger partial charge in [-0.25, -0.2) is 4.68 Å². The molecule has 0 aliphatic heterocycles. The summed E-state index contributed by atoms with van der Waals surface area (Å²) in [5.41, 5.74) is 0.734. The Kier molecular flexibility index (Phi) is 6.64. The van der Waals surface area contributed by atoms with Gasteiger partial charge in [0.05, 0.1) is 18.4 Å². The van der Waals surface area contributed by atoms with Crippen molar-refractivity contribution in [3.8, 4) is 17.1 Å². The van der Waals surface area contributed by atoms with Crippen molar-refractivity contribution >= 4 is 17.7 Å². The number of para-hydroxylation sites is 1. The third-order valence-electron chi connectivity index (χ3n) is 3.39. The average molecular weight is 359 g/mol. The third kappa shape index (κ3) is 4.42. The van der Waals surface area contributed by atoms with Crippen molar-refractivity contribution < 1.29 is 9.53 Å². The minimum atomic E-state index is -0.0494. The summed E-state index contributed by atoms with van der Waals surface area (Å²) in [5.74, 6) is 7.37. The van der Waals surface area contributed by atoms with E-state index in [1.165, 1.54) is 16.4 Å². The molecule has 0 radical (unpaired) electrons. The van der Waals surface area contributed by atoms with Crippen LogP contribution in [0.2, 0.25) is 0 Å². The first-order chi connectivity index (χ1) is 12.1. The zero-order chi connectivity index (χ0) is 18.2. The number of hydrogen-bond donors (Lipinski definition) is 1. The minimum Gasteiger partial charge on any atom is -0.496 e. The second-order valence-corrected chi connectivity index (χ2v) is 5.98. The van der Waals surface area contributed by atoms with E-state index in [9.17, 15) is 4.79 Å². The number of nitrogens with two attached hydrogens (primary N) is 1. The van der Waals surface area contributed by atoms with Gasteiger partial charge in [0.2, 0.25) is 11.1 Å². The molecular weight excluding hydrogens is 338 g/mol. The summed E-state index contributed by atoms with van der Waals surface area (Å²) in [4.78, 5) is 13.9. The van der Waals surface area contributed by atoms with Crippen molar-refractivity contribution in [1.82, 2.24) is 19.8 Å². The first kappa shape index (κ1) is 18.6. The van der Waals surface area contributed by atoms with E-state index in [2.05, 4.69) is 23.4 Å². The van der Waals surface area contributed by atoms with Crippen LogP contribution >= 0.6 is 11.8 Å². The van der Waals surface area contributed by atoms with Crippen molar-refractivity contribution in [2.45, 2.75) is 5.16 Å². The fraction of sp³-hybridized carbons (Fsp3) is 0.235. The molecule has 7 nitrogen and oxygen atoms in total. The number of carbonyl (C=O) groups excluding carboxylic acids is 1. The molecule has 0 aliphatic rings. The number of rotatable bonds is 9. The van der Waals surface area contributed by atoms with Gasteiger partial charge in [0.25, 0.3) is 0 Å². The molecule has 132 valence electrons. The molecule has 0 spiro atoms. The summed E-state index contributed by atoms with van der Waals surface area (Å²) < 4.78 is 6.69. The van der Waals surface area contributed by atoms with Crippen LogP contribution in [0.15, 0.2) is 54.7 Å². The lowest BCUT2D eigenvalue weighted by molar-refractivity contribution is -0.127. The summed E-state index contributed by atoms with van der Waals surface area (Å²) in [5, 5.41) is 8.65. The number of benzene rings is 1. The van der Waals surface area contributed by atoms with Crippen molar-refractivity contribution in [3.63, 3.8) is 0 Å². The van der Waals surface area contributed by atoms with E-state index in [0.29, 0.717) is 29.8 Å². The number of aromatic nitrogens is 3. The molecule has 1 amide bonds. The lowest BCUT2D eigenvalue weighted by Gasteiger charge is -2.18. The molecule has 2 aromatic rings. The lowest BCUT2D eigenvalue weighted by Crippen LogP contribution is -2.32. The van der Waals surface area contributed by atoms with Gasteiger partial charge in [-0.15, -0.1) is 23.4 Å². The first-order valence-electron chi connectivity index (χ1n) is 7.58. The molecule has 0 atom stereocenters. The van der Waals surface area contributed by atoms with Gasteiger partial charge >= 0.3 is 0 Å². The van der Waals surface area contributed by atoms with Gasteiger partial charge in [0.15, 0.2) is 5.82 Å². The highest BCUT2D eigenvalue weighted by atomic mass is 32.2. The summed E-state index contributed by atoms with van der Waals surface area (Å²) in [7, 11) is 1.58. The van der Waals surface area contributed by atoms with E-state index in [1.54, 1.807) is 24.2 Å². The number of ether oxygens (including phenoxy) is 1. The van der Waals surface area contributed by atoms with Crippen LogP contribution in [-0.2, 0) is 4.79 Å². The first-order valence-corrected chi connectivity index (χ1v) is 8.57. The second kappa shape index (κ2) is 8.93. The van der Waals surface area contributed by atoms with Crippen LogP contribution < -0.4 is 10.6 Å². The topological polar surface area (TPSA) is 86.3 Å². The summed E-state index contributed by atoms with van der Waals surface area (Å²) in [6.45, 7) is 8.25. The van der Waals surface area contributed by atoms with Gasteiger partial charge in [-0.2, -0.15) is 0 Å². The van der Waals surface area contributed by atoms with E-state index in [-0.39, 0.29) is 11.7 Å². The Balaban J connectivity index is 2.12. The van der Waals surface area contributed by atoms with Crippen molar-refractivity contribution in [2.24, 2.45) is 0 Å². The van der Waals surface area contributed by atoms with Gasteiger partial charge in [0, 0.05) is 13.1 Å². The summed E-state index contributed by atoms with van der Waals surface area (Å²) in [6, 6.07) is 7.40. The van der Waals surface area contributed by atoms with Gasteiger partial charge in [0.1, 0.15) is 5.75 Å². The van der Waals surface area contributed by atoms with Crippen LogP contribution in [0.1, 0.15) is 0 Å². The van der Waals surface area contributed by atoms with Crippen LogP contribution in [0.5, 0.6) is 5.75 Å². The average Bonchev–Trinajstić information content (AvgIpc) is 3.00. The van der Waals surface area contributed by atoms with Crippen molar-refractivity contribution in [3.05, 3.63) is 49.6 Å². The van der Waals surface area contributed by atoms with Crippen LogP contribution in [0.3, 0.4) is 0 Å². The largest absolute Gasteiger partial charge is 0.496 e. The van der Waals surface area contributed by atoms with Crippen LogP contribution in [0, 0.1) is 0 Å². The monoisotopic (exact) mass is 359 g/mol. The molecule has 1 aromatic carbocycles. The zero-order valence-corrected chi connectivity index (χ0v) is 14.9. The number of methoxy groups -OCH3 is 1. The fourth-order valence-electron chi connectivity index (χ4n) is 2.20. The summed E-state index contributed by atoms with van der Waals surface area (Å²) >= 11 is 1.23. The Morgan fingerprint density at radius 1 is 1.32 bits per heavy atom. The third-order valence-corrected chi connectivity index (χ3v) is 4.32. The highest BCUT2D eigenvalue weighted by Gasteiger charge is 2.18. The maximum atomic E-state index is 12.3. The van der Waals surface area contributed by atoms with E-state index >= 15 is 0 Å². The van der Waals surface area contributed by atoms with Gasteiger partial charge in [-0.1, -0.05) is 36.0 Å². The number of thioether (sulfide) groups is 1. The number of nitrogen functional groups attached to an aromatic ring is 1. The molecule has 0 bridgehead atoms. The zero-order valence-electron chi connectivity index (χ0n) is 14.1. The highest BCUT2D eigenvalue weighted by Crippen LogP contribution is 2.29. The smallest absolute Gasteiger partial charge is 0.233 e. The predicted octanol–water partition coefficient (Wildman–Crippen LogP) is 1.96. The number of amides is 1. The van der Waals surface area contributed by atoms with Gasteiger partial charge < -0.3 is 15.5 Å². The van der Waals surface area contributed by atoms with Gasteiger partial charge in [-0.05, 0) is 12.1 Å². The van der Waals surface area contributed by atoms with Crippen LogP contribution in [-0.4, -0.2) is 51.6 Å². The molecule has 2 rings (SSSR count). The maximum absolute atomic E-state index is 12.3. The molecule has 1 aromatic heterocycles. The Bertz CT molecular complexity index is 749. The highest BCUT2D eigenvalue weighted by molar-refractivity contribution is 7.99. The molecule has 0 unspecified atom stereocenters. The number of carbonyl (C=O) groups is 1. The Morgan fingerprint density at radius 2 is 2.00 bits per heavy atom. The molecule has 2 N–H and O–H groups in total. The SMILES string of the molecule is C=CCN(CC=C)C(=O)CSc1nnc(-c2ccccc2OC)n1N. The molecule has 0 saturated carbocycles. The number of hydrogen-bond acceptors (Lipinski definition) is 6. The van der Waals surface area contributed by atoms with Crippen molar-refractivity contribution in [2.75, 3.05) is 31.8 Å². The Morgan fingerprint density at radius 3 is 2.64 bits per heavy atom. The maximum Gasteiger partial charge on any atom is 0.233 e. The predicted molar refractivity (Wildman–Crippen MR) is 99.9 cm³/mol. The fourth-order valence-corrected chi connectivity index (χ4v) is 2.96. The standard InChI is InChI=1S/C17H21N5O2S/c1-4-10-21(11-5-2)15(23)12-25-17-20-19-16(22(17)18)13-8-6-7-9-14(13)24-3/h4-9H,1-2,10-12,18H2,3H3.